The van der Waals surface area contributed by atoms with Gasteiger partial charge in [-0.15, -0.1) is 0 Å². The Kier molecular flexibility index (Phi) is 6.66. The number of hydrogen-bond donors (Lipinski definition) is 1. The molecule has 0 aliphatic carbocycles. The van der Waals surface area contributed by atoms with Crippen molar-refractivity contribution < 1.29 is 19.1 Å². The molecule has 8 heteroatoms. The van der Waals surface area contributed by atoms with Gasteiger partial charge in [0.1, 0.15) is 11.6 Å². The van der Waals surface area contributed by atoms with E-state index in [2.05, 4.69) is 15.2 Å². The molecule has 1 N–H and O–H groups in total. The number of methoxy groups -OCH3 is 1. The highest BCUT2D eigenvalue weighted by molar-refractivity contribution is 5.99. The molecule has 0 saturated carbocycles. The Bertz CT molecular complexity index is 921. The van der Waals surface area contributed by atoms with Gasteiger partial charge in [-0.1, -0.05) is 12.1 Å². The van der Waals surface area contributed by atoms with E-state index >= 15 is 0 Å². The highest BCUT2D eigenvalue weighted by Crippen LogP contribution is 2.23. The van der Waals surface area contributed by atoms with E-state index in [1.54, 1.807) is 37.6 Å². The van der Waals surface area contributed by atoms with Crippen LogP contribution in [0.1, 0.15) is 33.6 Å². The SMILES string of the molecule is COc1ccccc1C(=O)N1CCN(c2ncccc2C(=O)NC[C@H]2CCCO2)CC1. The summed E-state index contributed by atoms with van der Waals surface area (Å²) in [4.78, 5) is 34.1. The molecule has 4 rings (SSSR count). The monoisotopic (exact) mass is 424 g/mol. The predicted molar refractivity (Wildman–Crippen MR) is 117 cm³/mol. The first-order valence-electron chi connectivity index (χ1n) is 10.7. The zero-order valence-corrected chi connectivity index (χ0v) is 17.8. The fraction of sp³-hybridized carbons (Fsp3) is 0.435. The normalized spacial score (nSPS) is 18.7. The molecule has 0 unspecified atom stereocenters. The maximum atomic E-state index is 12.9. The summed E-state index contributed by atoms with van der Waals surface area (Å²) in [5.74, 6) is 1.03. The summed E-state index contributed by atoms with van der Waals surface area (Å²) in [6.07, 6.45) is 3.80. The third-order valence-corrected chi connectivity index (χ3v) is 5.75. The van der Waals surface area contributed by atoms with E-state index in [1.165, 1.54) is 0 Å². The van der Waals surface area contributed by atoms with Crippen molar-refractivity contribution in [1.29, 1.82) is 0 Å². The van der Waals surface area contributed by atoms with E-state index < -0.39 is 0 Å². The Labute approximate surface area is 182 Å². The molecule has 2 aliphatic rings. The Morgan fingerprint density at radius 1 is 1.13 bits per heavy atom. The third kappa shape index (κ3) is 4.80. The standard InChI is InChI=1S/C23H28N4O4/c1-30-20-9-3-2-7-18(20)23(29)27-13-11-26(12-14-27)21-19(8-4-10-24-21)22(28)25-16-17-6-5-15-31-17/h2-4,7-10,17H,5-6,11-16H2,1H3,(H,25,28)/t17-/m1/s1. The number of anilines is 1. The number of carbonyl (C=O) groups excluding carboxylic acids is 2. The Morgan fingerprint density at radius 3 is 2.65 bits per heavy atom. The predicted octanol–water partition coefficient (Wildman–Crippen LogP) is 1.96. The first kappa shape index (κ1) is 21.1. The fourth-order valence-electron chi connectivity index (χ4n) is 4.05. The molecule has 2 fully saturated rings. The van der Waals surface area contributed by atoms with Crippen molar-refractivity contribution in [2.24, 2.45) is 0 Å². The van der Waals surface area contributed by atoms with Crippen LogP contribution >= 0.6 is 0 Å². The minimum Gasteiger partial charge on any atom is -0.496 e. The summed E-state index contributed by atoms with van der Waals surface area (Å²) in [5, 5.41) is 2.97. The summed E-state index contributed by atoms with van der Waals surface area (Å²) < 4.78 is 10.9. The second-order valence-electron chi connectivity index (χ2n) is 7.70. The van der Waals surface area contributed by atoms with Crippen molar-refractivity contribution in [1.82, 2.24) is 15.2 Å². The molecule has 0 bridgehead atoms. The van der Waals surface area contributed by atoms with Crippen molar-refractivity contribution >= 4 is 17.6 Å². The lowest BCUT2D eigenvalue weighted by Crippen LogP contribution is -2.49. The van der Waals surface area contributed by atoms with E-state index in [1.807, 2.05) is 17.0 Å². The van der Waals surface area contributed by atoms with E-state index in [4.69, 9.17) is 9.47 Å². The van der Waals surface area contributed by atoms with Crippen LogP contribution in [-0.4, -0.2) is 74.2 Å². The number of carbonyl (C=O) groups is 2. The van der Waals surface area contributed by atoms with Gasteiger partial charge >= 0.3 is 0 Å². The number of piperazine rings is 1. The van der Waals surface area contributed by atoms with Gasteiger partial charge in [-0.3, -0.25) is 9.59 Å². The second kappa shape index (κ2) is 9.78. The molecule has 8 nitrogen and oxygen atoms in total. The number of aromatic nitrogens is 1. The zero-order valence-electron chi connectivity index (χ0n) is 17.8. The molecule has 3 heterocycles. The van der Waals surface area contributed by atoms with Crippen molar-refractivity contribution in [2.75, 3.05) is 51.3 Å². The summed E-state index contributed by atoms with van der Waals surface area (Å²) in [5.41, 5.74) is 1.11. The molecule has 164 valence electrons. The summed E-state index contributed by atoms with van der Waals surface area (Å²) >= 11 is 0. The summed E-state index contributed by atoms with van der Waals surface area (Å²) in [6.45, 7) is 3.56. The van der Waals surface area contributed by atoms with Gasteiger partial charge in [-0.2, -0.15) is 0 Å². The van der Waals surface area contributed by atoms with Gasteiger partial charge in [-0.05, 0) is 37.1 Å². The van der Waals surface area contributed by atoms with E-state index in [0.29, 0.717) is 55.4 Å². The molecule has 31 heavy (non-hydrogen) atoms. The highest BCUT2D eigenvalue weighted by atomic mass is 16.5. The summed E-state index contributed by atoms with van der Waals surface area (Å²) in [7, 11) is 1.57. The summed E-state index contributed by atoms with van der Waals surface area (Å²) in [6, 6.07) is 10.8. The number of ether oxygens (including phenoxy) is 2. The van der Waals surface area contributed by atoms with Crippen LogP contribution in [0, 0.1) is 0 Å². The molecule has 0 spiro atoms. The average Bonchev–Trinajstić information content (AvgIpc) is 3.36. The Balaban J connectivity index is 1.39. The molecule has 2 amide bonds. The lowest BCUT2D eigenvalue weighted by molar-refractivity contribution is 0.0742. The van der Waals surface area contributed by atoms with Gasteiger partial charge in [-0.25, -0.2) is 4.98 Å². The molecule has 2 aromatic rings. The molecule has 1 aromatic carbocycles. The third-order valence-electron chi connectivity index (χ3n) is 5.75. The number of nitrogens with one attached hydrogen (secondary N) is 1. The van der Waals surface area contributed by atoms with Crippen molar-refractivity contribution in [3.8, 4) is 5.75 Å². The van der Waals surface area contributed by atoms with Gasteiger partial charge in [0.25, 0.3) is 11.8 Å². The zero-order chi connectivity index (χ0) is 21.6. The van der Waals surface area contributed by atoms with E-state index in [9.17, 15) is 9.59 Å². The van der Waals surface area contributed by atoms with Gasteiger partial charge in [0.2, 0.25) is 0 Å². The van der Waals surface area contributed by atoms with Crippen LogP contribution in [0.3, 0.4) is 0 Å². The topological polar surface area (TPSA) is 84.0 Å². The number of nitrogens with zero attached hydrogens (tertiary/aromatic N) is 3. The second-order valence-corrected chi connectivity index (χ2v) is 7.70. The molecular weight excluding hydrogens is 396 g/mol. The van der Waals surface area contributed by atoms with Crippen LogP contribution in [0.15, 0.2) is 42.6 Å². The first-order chi connectivity index (χ1) is 15.2. The van der Waals surface area contributed by atoms with Crippen LogP contribution < -0.4 is 15.0 Å². The van der Waals surface area contributed by atoms with E-state index in [-0.39, 0.29) is 17.9 Å². The van der Waals surface area contributed by atoms with Crippen molar-refractivity contribution in [2.45, 2.75) is 18.9 Å². The molecular formula is C23H28N4O4. The molecule has 1 atom stereocenters. The fourth-order valence-corrected chi connectivity index (χ4v) is 4.05. The number of rotatable bonds is 6. The number of amides is 2. The maximum absolute atomic E-state index is 12.9. The van der Waals surface area contributed by atoms with Gasteiger partial charge in [0.15, 0.2) is 0 Å². The van der Waals surface area contributed by atoms with Crippen LogP contribution in [0.25, 0.3) is 0 Å². The Hall–Kier alpha value is -3.13. The van der Waals surface area contributed by atoms with Gasteiger partial charge in [0.05, 0.1) is 24.3 Å². The minimum atomic E-state index is -0.147. The van der Waals surface area contributed by atoms with Crippen LogP contribution in [0.2, 0.25) is 0 Å². The molecule has 2 aliphatic heterocycles. The maximum Gasteiger partial charge on any atom is 0.257 e. The van der Waals surface area contributed by atoms with Crippen LogP contribution in [0.5, 0.6) is 5.75 Å². The molecule has 0 radical (unpaired) electrons. The highest BCUT2D eigenvalue weighted by Gasteiger charge is 2.27. The Morgan fingerprint density at radius 2 is 1.90 bits per heavy atom. The quantitative estimate of drug-likeness (QED) is 0.763. The first-order valence-corrected chi connectivity index (χ1v) is 10.7. The smallest absolute Gasteiger partial charge is 0.257 e. The van der Waals surface area contributed by atoms with Crippen molar-refractivity contribution in [3.63, 3.8) is 0 Å². The number of pyridine rings is 1. The molecule has 2 saturated heterocycles. The lowest BCUT2D eigenvalue weighted by Gasteiger charge is -2.36. The van der Waals surface area contributed by atoms with Gasteiger partial charge < -0.3 is 24.6 Å². The van der Waals surface area contributed by atoms with Crippen LogP contribution in [-0.2, 0) is 4.74 Å². The lowest BCUT2D eigenvalue weighted by atomic mass is 10.1. The minimum absolute atomic E-state index is 0.0485. The number of para-hydroxylation sites is 1. The van der Waals surface area contributed by atoms with Gasteiger partial charge in [0, 0.05) is 45.5 Å². The average molecular weight is 425 g/mol. The van der Waals surface area contributed by atoms with E-state index in [0.717, 1.165) is 19.4 Å². The molecule has 1 aromatic heterocycles. The largest absolute Gasteiger partial charge is 0.496 e. The number of benzene rings is 1. The van der Waals surface area contributed by atoms with Crippen LogP contribution in [0.4, 0.5) is 5.82 Å². The number of hydrogen-bond acceptors (Lipinski definition) is 6. The van der Waals surface area contributed by atoms with Crippen molar-refractivity contribution in [3.05, 3.63) is 53.7 Å².